The smallest absolute Gasteiger partial charge is 0.455 e. The largest absolute Gasteiger partial charge is 1.00 e. The number of unbranched alkanes of at least 4 members (excludes halogenated alkanes) is 1. The molecule has 109 heavy (non-hydrogen) atoms. The number of fused-ring (bicyclic) bond motifs is 4. The van der Waals surface area contributed by atoms with E-state index in [2.05, 4.69) is 259 Å². The molecule has 4 nitrogen and oxygen atoms in total. The molecule has 2 heterocycles. The third-order valence-corrected chi connectivity index (χ3v) is 43.1. The molecule has 0 N–H and O–H groups in total. The molecule has 0 atom stereocenters. The molecule has 20 heteroatoms. The van der Waals surface area contributed by atoms with Gasteiger partial charge in [-0.3, -0.25) is 0 Å². The van der Waals surface area contributed by atoms with Gasteiger partial charge in [0.15, 0.2) is 11.5 Å². The zero-order chi connectivity index (χ0) is 74.0. The van der Waals surface area contributed by atoms with Crippen LogP contribution in [-0.2, 0) is 85.8 Å². The van der Waals surface area contributed by atoms with Crippen molar-refractivity contribution >= 4 is 161 Å². The molecule has 0 spiro atoms. The molecule has 2 aliphatic heterocycles. The van der Waals surface area contributed by atoms with Crippen LogP contribution >= 0.6 is 59.8 Å². The number of benzene rings is 14. The number of hydrogen-bond donors (Lipinski definition) is 0. The quantitative estimate of drug-likeness (QED) is 0.0651. The van der Waals surface area contributed by atoms with Crippen molar-refractivity contribution in [1.82, 2.24) is 0 Å². The molecular weight excluding hydrogens is 1680 g/mol. The zero-order valence-corrected chi connectivity index (χ0v) is 71.2. The number of halogens is 4. The standard InChI is InChI=1S/C42H29BrO2.C42H27O2PS.C4H9.CH4.Cl3PS8.Li/c43-40-41(44-36-25-13-23-34(27-36)30-15-5-1-6-16-30)38(32-19-9-3-10-20-32)29-39(33-21-11-4-12-22-33)42(40)45-37-26-14-24-35(28-37)31-17-7-2-8-18-31;46-45-38-23-21-32(28-13-5-1-6-14-28)25-36(38)43-40-34(30-17-9-3-10-18-30)27-35(31-19-11-4-12-20-31)41(42(40)45)44-37-26-33(22-24-39(37)45)29-15-7-2-8-16-29;1-3-4-2;;1-4(2,3)6-8-10-12-11-9-7-5;/h1-29H;1-27H;1,3-4H2,2H3;1H4;;/q;;-1;;;+1. The van der Waals surface area contributed by atoms with Crippen LogP contribution in [0.2, 0.25) is 0 Å². The first kappa shape index (κ1) is 83.0. The van der Waals surface area contributed by atoms with Crippen molar-refractivity contribution in [1.29, 1.82) is 0 Å². The normalized spacial score (nSPS) is 11.4. The Bertz CT molecular complexity index is 5610. The summed E-state index contributed by atoms with van der Waals surface area (Å²) in [5.74, 6) is 6.04. The summed E-state index contributed by atoms with van der Waals surface area (Å²) in [6, 6.07) is 114. The second kappa shape index (κ2) is 40.5. The van der Waals surface area contributed by atoms with E-state index >= 15 is 0 Å². The zero-order valence-electron chi connectivity index (χ0n) is 58.2. The molecule has 14 aromatic carbocycles. The Labute approximate surface area is 704 Å². The Morgan fingerprint density at radius 1 is 0.385 bits per heavy atom. The van der Waals surface area contributed by atoms with E-state index in [4.69, 9.17) is 64.5 Å². The Hall–Kier alpha value is -6.93. The predicted octanol–water partition coefficient (Wildman–Crippen LogP) is 25.2. The van der Waals surface area contributed by atoms with Crippen LogP contribution in [0.1, 0.15) is 27.2 Å². The summed E-state index contributed by atoms with van der Waals surface area (Å²) < 4.78 is 26.1. The third-order valence-electron chi connectivity index (χ3n) is 17.2. The van der Waals surface area contributed by atoms with E-state index in [9.17, 15) is 0 Å². The molecule has 0 fully saturated rings. The van der Waals surface area contributed by atoms with Crippen LogP contribution in [0.3, 0.4) is 0 Å². The summed E-state index contributed by atoms with van der Waals surface area (Å²) in [6.07, 6.45) is 2.28. The maximum Gasteiger partial charge on any atom is 1.00 e. The topological polar surface area (TPSA) is 36.9 Å². The Morgan fingerprint density at radius 3 is 1.01 bits per heavy atom. The summed E-state index contributed by atoms with van der Waals surface area (Å²) in [6.45, 7) is 5.72. The van der Waals surface area contributed by atoms with E-state index in [1.807, 2.05) is 121 Å². The molecule has 0 unspecified atom stereocenters. The van der Waals surface area contributed by atoms with Gasteiger partial charge in [-0.1, -0.05) is 345 Å². The first-order valence-corrected chi connectivity index (χ1v) is 52.2. The van der Waals surface area contributed by atoms with Gasteiger partial charge in [-0.05, 0) is 217 Å². The molecule has 0 saturated carbocycles. The minimum Gasteiger partial charge on any atom is -0.455 e. The summed E-state index contributed by atoms with van der Waals surface area (Å²) in [4.78, 5) is 0. The predicted molar refractivity (Wildman–Crippen MR) is 494 cm³/mol. The van der Waals surface area contributed by atoms with E-state index < -0.39 is 10.1 Å². The average molecular weight is 1750 g/mol. The summed E-state index contributed by atoms with van der Waals surface area (Å²) in [5.41, 5.74) is 17.1. The number of ether oxygens (including phenoxy) is 4. The van der Waals surface area contributed by atoms with E-state index in [1.165, 1.54) is 33.7 Å². The number of rotatable bonds is 13. The SMILES string of the molecule is Brc1c(Oc2cccc(-c3ccccc3)c2)c(-c2ccccc2)cc(-c2ccccc2)c1Oc1cccc(-c2ccccc2)c1.C.S=P12c3ccc(-c4ccccc4)cc3Oc3c(-c4ccccc4)cc(-c4ccccc4)c(c31)Oc1cc(-c3ccccc3)ccc12.S=S=S=S=S=S=S=S=P(Cl)(Cl)Cl.[CH2-]CCC.[Li+]. The molecule has 0 bridgehead atoms. The molecule has 0 aromatic heterocycles. The van der Waals surface area contributed by atoms with E-state index in [0.717, 1.165) is 150 Å². The third kappa shape index (κ3) is 20.7. The fourth-order valence-corrected chi connectivity index (χ4v) is 39.6. The monoisotopic (exact) mass is 1740 g/mol. The van der Waals surface area contributed by atoms with E-state index in [-0.39, 0.29) is 26.3 Å². The van der Waals surface area contributed by atoms with Crippen LogP contribution in [0.5, 0.6) is 46.0 Å². The Balaban J connectivity index is 0.000000178. The molecule has 0 amide bonds. The Kier molecular flexibility index (Phi) is 30.8. The molecule has 542 valence electrons. The number of hydrogen-bond acceptors (Lipinski definition) is 6. The summed E-state index contributed by atoms with van der Waals surface area (Å²) in [5, 5.41) is 3.09. The minimum atomic E-state index is -2.65. The van der Waals surface area contributed by atoms with Gasteiger partial charge in [0.1, 0.15) is 39.0 Å². The van der Waals surface area contributed by atoms with Crippen LogP contribution in [-0.4, -0.2) is 0 Å². The van der Waals surface area contributed by atoms with Crippen LogP contribution in [0, 0.1) is 6.92 Å². The van der Waals surface area contributed by atoms with Crippen molar-refractivity contribution in [2.24, 2.45) is 0 Å². The van der Waals surface area contributed by atoms with E-state index in [1.54, 1.807) is 35.5 Å². The van der Waals surface area contributed by atoms with Crippen molar-refractivity contribution in [3.05, 3.63) is 351 Å². The van der Waals surface area contributed by atoms with Gasteiger partial charge in [-0.2, -0.15) is 6.42 Å². The van der Waals surface area contributed by atoms with Gasteiger partial charge in [0.2, 0.25) is 4.10 Å². The van der Waals surface area contributed by atoms with Crippen LogP contribution in [0.25, 0.3) is 89.0 Å². The van der Waals surface area contributed by atoms with Crippen molar-refractivity contribution in [3.63, 3.8) is 0 Å². The molecule has 0 aliphatic carbocycles. The maximum absolute atomic E-state index is 7.05. The average Bonchev–Trinajstić information content (AvgIpc) is 0.687. The van der Waals surface area contributed by atoms with Gasteiger partial charge < -0.3 is 25.9 Å². The summed E-state index contributed by atoms with van der Waals surface area (Å²) in [7, 11) is 10.4. The van der Waals surface area contributed by atoms with Crippen molar-refractivity contribution < 1.29 is 37.8 Å². The first-order valence-electron chi connectivity index (χ1n) is 33.8. The van der Waals surface area contributed by atoms with Crippen LogP contribution in [0.15, 0.2) is 344 Å². The van der Waals surface area contributed by atoms with Crippen molar-refractivity contribution in [3.8, 4) is 135 Å². The minimum absolute atomic E-state index is 0. The molecule has 2 aliphatic rings. The van der Waals surface area contributed by atoms with Crippen molar-refractivity contribution in [2.75, 3.05) is 0 Å². The Morgan fingerprint density at radius 2 is 0.679 bits per heavy atom. The second-order valence-electron chi connectivity index (χ2n) is 24.0. The molecule has 16 rings (SSSR count). The van der Waals surface area contributed by atoms with Gasteiger partial charge in [-0.15, -0.1) is 0 Å². The molecule has 0 radical (unpaired) electrons. The van der Waals surface area contributed by atoms with Crippen LogP contribution < -0.4 is 53.7 Å². The molecule has 14 aromatic rings. The van der Waals surface area contributed by atoms with E-state index in [0.29, 0.717) is 11.5 Å². The second-order valence-corrected chi connectivity index (χ2v) is 52.0. The van der Waals surface area contributed by atoms with Gasteiger partial charge in [0.05, 0.1) is 11.3 Å². The first-order chi connectivity index (χ1) is 52.4. The maximum atomic E-state index is 7.05. The van der Waals surface area contributed by atoms with Gasteiger partial charge in [0, 0.05) is 32.9 Å². The summed E-state index contributed by atoms with van der Waals surface area (Å²) >= 11 is 32.5. The fourth-order valence-electron chi connectivity index (χ4n) is 12.3. The van der Waals surface area contributed by atoms with Gasteiger partial charge in [0.25, 0.3) is 0 Å². The van der Waals surface area contributed by atoms with Gasteiger partial charge in [-0.25, -0.2) is 0 Å². The van der Waals surface area contributed by atoms with Crippen LogP contribution in [0.4, 0.5) is 0 Å². The van der Waals surface area contributed by atoms with Crippen molar-refractivity contribution in [2.45, 2.75) is 27.2 Å². The fraction of sp³-hybridized carbons (Fsp3) is 0.0449. The van der Waals surface area contributed by atoms with Gasteiger partial charge >= 0.3 is 18.9 Å². The molecular formula is C89H69BrCl3LiO4P2S9. The molecule has 0 saturated heterocycles.